The lowest BCUT2D eigenvalue weighted by Crippen LogP contribution is -2.47. The van der Waals surface area contributed by atoms with Crippen molar-refractivity contribution in [3.63, 3.8) is 0 Å². The fourth-order valence-corrected chi connectivity index (χ4v) is 0.618. The predicted molar refractivity (Wildman–Crippen MR) is 38.2 cm³/mol. The first-order valence-electron chi connectivity index (χ1n) is 2.58. The number of amidine groups is 1. The third-order valence-corrected chi connectivity index (χ3v) is 1.43. The molecule has 0 saturated heterocycles. The number of hydrogen-bond acceptors (Lipinski definition) is 3. The van der Waals surface area contributed by atoms with E-state index < -0.39 is 5.00 Å². The molecular weight excluding hydrogens is 138 g/mol. The second-order valence-corrected chi connectivity index (χ2v) is 2.73. The summed E-state index contributed by atoms with van der Waals surface area (Å²) in [4.78, 5) is 3.10. The van der Waals surface area contributed by atoms with Crippen molar-refractivity contribution in [1.29, 1.82) is 0 Å². The van der Waals surface area contributed by atoms with E-state index in [9.17, 15) is 0 Å². The maximum Gasteiger partial charge on any atom is 0.167 e. The zero-order valence-electron chi connectivity index (χ0n) is 5.06. The number of nitrogens with zero attached hydrogens (tertiary/aromatic N) is 1. The zero-order chi connectivity index (χ0) is 6.91. The lowest BCUT2D eigenvalue weighted by atomic mass is 10.3. The molecule has 1 heterocycles. The minimum atomic E-state index is -0.700. The Kier molecular flexibility index (Phi) is 1.37. The van der Waals surface area contributed by atoms with E-state index in [1.54, 1.807) is 19.3 Å². The van der Waals surface area contributed by atoms with Crippen LogP contribution in [0, 0.1) is 0 Å². The molecule has 0 fully saturated rings. The second-order valence-electron chi connectivity index (χ2n) is 1.98. The summed E-state index contributed by atoms with van der Waals surface area (Å²) in [6.07, 6.45) is 3.23. The van der Waals surface area contributed by atoms with Crippen molar-refractivity contribution in [2.45, 2.75) is 11.9 Å². The summed E-state index contributed by atoms with van der Waals surface area (Å²) in [7, 11) is 0. The average molecular weight is 146 g/mol. The van der Waals surface area contributed by atoms with Gasteiger partial charge in [-0.25, -0.2) is 4.99 Å². The SMILES string of the molecule is CC1(Cl)NC=CN=C1N. The van der Waals surface area contributed by atoms with Gasteiger partial charge in [0, 0.05) is 12.4 Å². The van der Waals surface area contributed by atoms with E-state index in [0.717, 1.165) is 0 Å². The standard InChI is InChI=1S/C5H8ClN3/c1-5(6)4(7)8-2-3-9-5/h2-3,9H,1H3,(H2,7,8). The maximum absolute atomic E-state index is 5.80. The molecule has 1 aliphatic rings. The quantitative estimate of drug-likeness (QED) is 0.382. The minimum Gasteiger partial charge on any atom is -0.384 e. The van der Waals surface area contributed by atoms with Gasteiger partial charge in [0.15, 0.2) is 5.00 Å². The van der Waals surface area contributed by atoms with E-state index in [1.165, 1.54) is 0 Å². The molecule has 0 bridgehead atoms. The van der Waals surface area contributed by atoms with Crippen molar-refractivity contribution in [2.75, 3.05) is 0 Å². The summed E-state index contributed by atoms with van der Waals surface area (Å²) in [5.41, 5.74) is 5.42. The van der Waals surface area contributed by atoms with Crippen LogP contribution in [0.1, 0.15) is 6.92 Å². The Morgan fingerprint density at radius 2 is 2.56 bits per heavy atom. The van der Waals surface area contributed by atoms with Gasteiger partial charge in [0.1, 0.15) is 5.84 Å². The Hall–Kier alpha value is -0.700. The van der Waals surface area contributed by atoms with Crippen molar-refractivity contribution in [3.8, 4) is 0 Å². The van der Waals surface area contributed by atoms with Gasteiger partial charge in [-0.1, -0.05) is 11.6 Å². The maximum atomic E-state index is 5.80. The normalized spacial score (nSPS) is 33.3. The smallest absolute Gasteiger partial charge is 0.167 e. The van der Waals surface area contributed by atoms with E-state index in [2.05, 4.69) is 10.3 Å². The Morgan fingerprint density at radius 1 is 1.89 bits per heavy atom. The fourth-order valence-electron chi connectivity index (χ4n) is 0.506. The summed E-state index contributed by atoms with van der Waals surface area (Å²) < 4.78 is 0. The highest BCUT2D eigenvalue weighted by Crippen LogP contribution is 2.12. The molecule has 9 heavy (non-hydrogen) atoms. The molecule has 4 heteroatoms. The Labute approximate surface area is 58.6 Å². The molecule has 3 nitrogen and oxygen atoms in total. The summed E-state index contributed by atoms with van der Waals surface area (Å²) >= 11 is 5.80. The second kappa shape index (κ2) is 1.92. The minimum absolute atomic E-state index is 0.395. The fraction of sp³-hybridized carbons (Fsp3) is 0.400. The Morgan fingerprint density at radius 3 is 2.89 bits per heavy atom. The van der Waals surface area contributed by atoms with Crippen LogP contribution in [0.2, 0.25) is 0 Å². The predicted octanol–water partition coefficient (Wildman–Crippen LogP) is 0.373. The summed E-state index contributed by atoms with van der Waals surface area (Å²) in [6.45, 7) is 1.75. The first kappa shape index (κ1) is 6.42. The van der Waals surface area contributed by atoms with Crippen LogP contribution in [0.25, 0.3) is 0 Å². The van der Waals surface area contributed by atoms with Crippen LogP contribution < -0.4 is 11.1 Å². The van der Waals surface area contributed by atoms with E-state index in [-0.39, 0.29) is 0 Å². The van der Waals surface area contributed by atoms with Crippen molar-refractivity contribution in [2.24, 2.45) is 10.7 Å². The van der Waals surface area contributed by atoms with Gasteiger partial charge in [-0.3, -0.25) is 0 Å². The summed E-state index contributed by atoms with van der Waals surface area (Å²) in [5, 5.41) is 2.84. The summed E-state index contributed by atoms with van der Waals surface area (Å²) in [5.74, 6) is 0.395. The van der Waals surface area contributed by atoms with Gasteiger partial charge in [0.05, 0.1) is 0 Å². The monoisotopic (exact) mass is 145 g/mol. The van der Waals surface area contributed by atoms with E-state index in [1.807, 2.05) is 0 Å². The van der Waals surface area contributed by atoms with Gasteiger partial charge in [-0.2, -0.15) is 0 Å². The molecule has 0 aliphatic carbocycles. The first-order chi connectivity index (χ1) is 4.13. The third kappa shape index (κ3) is 1.16. The lowest BCUT2D eigenvalue weighted by molar-refractivity contribution is 0.713. The number of nitrogens with one attached hydrogen (secondary N) is 1. The van der Waals surface area contributed by atoms with Crippen molar-refractivity contribution < 1.29 is 0 Å². The third-order valence-electron chi connectivity index (χ3n) is 1.12. The van der Waals surface area contributed by atoms with Gasteiger partial charge in [0.25, 0.3) is 0 Å². The van der Waals surface area contributed by atoms with Crippen LogP contribution in [-0.4, -0.2) is 10.8 Å². The molecule has 1 rings (SSSR count). The Bertz CT molecular complexity index is 171. The van der Waals surface area contributed by atoms with Gasteiger partial charge >= 0.3 is 0 Å². The van der Waals surface area contributed by atoms with Crippen LogP contribution in [0.15, 0.2) is 17.4 Å². The van der Waals surface area contributed by atoms with E-state index >= 15 is 0 Å². The highest BCUT2D eigenvalue weighted by Gasteiger charge is 2.24. The number of aliphatic imine (C=N–C) groups is 1. The topological polar surface area (TPSA) is 50.4 Å². The summed E-state index contributed by atoms with van der Waals surface area (Å²) in [6, 6.07) is 0. The number of rotatable bonds is 0. The molecular formula is C5H8ClN3. The molecule has 0 aromatic heterocycles. The number of nitrogens with two attached hydrogens (primary N) is 1. The Balaban J connectivity index is 2.83. The zero-order valence-corrected chi connectivity index (χ0v) is 5.81. The average Bonchev–Trinajstić information content (AvgIpc) is 1.77. The van der Waals surface area contributed by atoms with Crippen LogP contribution in [0.5, 0.6) is 0 Å². The molecule has 0 aromatic carbocycles. The highest BCUT2D eigenvalue weighted by molar-refractivity contribution is 6.35. The molecule has 1 unspecified atom stereocenters. The molecule has 0 amide bonds. The highest BCUT2D eigenvalue weighted by atomic mass is 35.5. The number of hydrogen-bond donors (Lipinski definition) is 2. The number of halogens is 1. The van der Waals surface area contributed by atoms with Crippen molar-refractivity contribution >= 4 is 17.4 Å². The van der Waals surface area contributed by atoms with Crippen molar-refractivity contribution in [1.82, 2.24) is 5.32 Å². The lowest BCUT2D eigenvalue weighted by Gasteiger charge is -2.23. The van der Waals surface area contributed by atoms with Gasteiger partial charge in [0.2, 0.25) is 0 Å². The molecule has 0 aromatic rings. The molecule has 1 aliphatic heterocycles. The van der Waals surface area contributed by atoms with Gasteiger partial charge < -0.3 is 11.1 Å². The van der Waals surface area contributed by atoms with Crippen LogP contribution >= 0.6 is 11.6 Å². The molecule has 0 radical (unpaired) electrons. The molecule has 50 valence electrons. The van der Waals surface area contributed by atoms with Crippen LogP contribution in [0.3, 0.4) is 0 Å². The van der Waals surface area contributed by atoms with E-state index in [4.69, 9.17) is 17.3 Å². The molecule has 3 N–H and O–H groups in total. The first-order valence-corrected chi connectivity index (χ1v) is 2.96. The number of alkyl halides is 1. The van der Waals surface area contributed by atoms with Crippen LogP contribution in [-0.2, 0) is 0 Å². The largest absolute Gasteiger partial charge is 0.384 e. The molecule has 0 saturated carbocycles. The van der Waals surface area contributed by atoms with Crippen molar-refractivity contribution in [3.05, 3.63) is 12.4 Å². The van der Waals surface area contributed by atoms with E-state index in [0.29, 0.717) is 5.84 Å². The van der Waals surface area contributed by atoms with Gasteiger partial charge in [-0.05, 0) is 6.92 Å². The molecule has 1 atom stereocenters. The van der Waals surface area contributed by atoms with Crippen LogP contribution in [0.4, 0.5) is 0 Å². The molecule has 0 spiro atoms. The van der Waals surface area contributed by atoms with Gasteiger partial charge in [-0.15, -0.1) is 0 Å².